The van der Waals surface area contributed by atoms with Crippen LogP contribution in [-0.4, -0.2) is 23.6 Å². The standard InChI is InChI=1S/C23H22N4O2/c1-28-18-7-9-20(10-8-18)29-19-5-2-16(3-6-19)12-13-25-23-21-14-17(24)4-11-22(21)26-15-27-23/h2-11,14-15H,12-13,24H2,1H3,(H,25,26,27). The number of nitrogens with two attached hydrogens (primary N) is 1. The highest BCUT2D eigenvalue weighted by atomic mass is 16.5. The number of nitrogens with one attached hydrogen (secondary N) is 1. The van der Waals surface area contributed by atoms with Crippen molar-refractivity contribution in [3.63, 3.8) is 0 Å². The Morgan fingerprint density at radius 2 is 1.55 bits per heavy atom. The number of fused-ring (bicyclic) bond motifs is 1. The van der Waals surface area contributed by atoms with Crippen molar-refractivity contribution in [1.29, 1.82) is 0 Å². The molecule has 1 aromatic heterocycles. The number of hydrogen-bond acceptors (Lipinski definition) is 6. The van der Waals surface area contributed by atoms with E-state index in [1.807, 2.05) is 54.6 Å². The summed E-state index contributed by atoms with van der Waals surface area (Å²) in [5.41, 5.74) is 8.67. The van der Waals surface area contributed by atoms with Crippen molar-refractivity contribution in [3.8, 4) is 17.2 Å². The molecule has 3 N–H and O–H groups in total. The highest BCUT2D eigenvalue weighted by molar-refractivity contribution is 5.91. The number of methoxy groups -OCH3 is 1. The zero-order chi connectivity index (χ0) is 20.1. The van der Waals surface area contributed by atoms with Crippen molar-refractivity contribution in [1.82, 2.24) is 9.97 Å². The summed E-state index contributed by atoms with van der Waals surface area (Å²) < 4.78 is 11.0. The summed E-state index contributed by atoms with van der Waals surface area (Å²) in [4.78, 5) is 8.62. The number of rotatable bonds is 7. The first-order chi connectivity index (χ1) is 14.2. The lowest BCUT2D eigenvalue weighted by Crippen LogP contribution is -2.07. The fraction of sp³-hybridized carbons (Fsp3) is 0.130. The van der Waals surface area contributed by atoms with Gasteiger partial charge >= 0.3 is 0 Å². The summed E-state index contributed by atoms with van der Waals surface area (Å²) in [5, 5.41) is 4.31. The zero-order valence-corrected chi connectivity index (χ0v) is 16.1. The summed E-state index contributed by atoms with van der Waals surface area (Å²) >= 11 is 0. The summed E-state index contributed by atoms with van der Waals surface area (Å²) in [5.74, 6) is 3.17. The Morgan fingerprint density at radius 3 is 2.28 bits per heavy atom. The second-order valence-corrected chi connectivity index (χ2v) is 6.60. The molecule has 0 saturated carbocycles. The van der Waals surface area contributed by atoms with Crippen molar-refractivity contribution in [3.05, 3.63) is 78.6 Å². The van der Waals surface area contributed by atoms with Crippen molar-refractivity contribution in [2.75, 3.05) is 24.7 Å². The van der Waals surface area contributed by atoms with Crippen molar-refractivity contribution >= 4 is 22.4 Å². The molecule has 6 heteroatoms. The van der Waals surface area contributed by atoms with Crippen molar-refractivity contribution in [2.24, 2.45) is 0 Å². The highest BCUT2D eigenvalue weighted by Gasteiger charge is 2.04. The Labute approximate surface area is 169 Å². The van der Waals surface area contributed by atoms with Crippen LogP contribution in [0.4, 0.5) is 11.5 Å². The van der Waals surface area contributed by atoms with Crippen LogP contribution in [0, 0.1) is 0 Å². The van der Waals surface area contributed by atoms with Gasteiger partial charge in [-0.25, -0.2) is 9.97 Å². The van der Waals surface area contributed by atoms with Crippen LogP contribution in [0.5, 0.6) is 17.2 Å². The van der Waals surface area contributed by atoms with E-state index in [-0.39, 0.29) is 0 Å². The van der Waals surface area contributed by atoms with Gasteiger partial charge < -0.3 is 20.5 Å². The van der Waals surface area contributed by atoms with Crippen LogP contribution in [0.2, 0.25) is 0 Å². The first-order valence-corrected chi connectivity index (χ1v) is 9.36. The second-order valence-electron chi connectivity index (χ2n) is 6.60. The second kappa shape index (κ2) is 8.48. The lowest BCUT2D eigenvalue weighted by Gasteiger charge is -2.10. The average Bonchev–Trinajstić information content (AvgIpc) is 2.76. The molecule has 0 spiro atoms. The van der Waals surface area contributed by atoms with Crippen LogP contribution in [0.1, 0.15) is 5.56 Å². The lowest BCUT2D eigenvalue weighted by molar-refractivity contribution is 0.413. The number of hydrogen-bond donors (Lipinski definition) is 2. The van der Waals surface area contributed by atoms with Gasteiger partial charge in [0.2, 0.25) is 0 Å². The van der Waals surface area contributed by atoms with Gasteiger partial charge in [0, 0.05) is 17.6 Å². The van der Waals surface area contributed by atoms with Crippen LogP contribution in [0.3, 0.4) is 0 Å². The van der Waals surface area contributed by atoms with Gasteiger partial charge in [-0.05, 0) is 66.6 Å². The lowest BCUT2D eigenvalue weighted by atomic mass is 10.1. The maximum atomic E-state index is 5.89. The first-order valence-electron chi connectivity index (χ1n) is 9.36. The SMILES string of the molecule is COc1ccc(Oc2ccc(CCNc3ncnc4ccc(N)cc34)cc2)cc1. The molecule has 29 heavy (non-hydrogen) atoms. The number of benzene rings is 3. The van der Waals surface area contributed by atoms with Gasteiger partial charge in [0.1, 0.15) is 29.4 Å². The molecule has 0 atom stereocenters. The quantitative estimate of drug-likeness (QED) is 0.449. The zero-order valence-electron chi connectivity index (χ0n) is 16.1. The Morgan fingerprint density at radius 1 is 0.862 bits per heavy atom. The van der Waals surface area contributed by atoms with Crippen LogP contribution in [0.25, 0.3) is 10.9 Å². The highest BCUT2D eigenvalue weighted by Crippen LogP contribution is 2.24. The fourth-order valence-electron chi connectivity index (χ4n) is 3.04. The van der Waals surface area contributed by atoms with Gasteiger partial charge in [0.05, 0.1) is 12.6 Å². The molecular weight excluding hydrogens is 364 g/mol. The molecular formula is C23H22N4O2. The van der Waals surface area contributed by atoms with Crippen LogP contribution in [-0.2, 0) is 6.42 Å². The summed E-state index contributed by atoms with van der Waals surface area (Å²) in [6.07, 6.45) is 2.42. The number of nitrogens with zero attached hydrogens (tertiary/aromatic N) is 2. The molecule has 0 radical (unpaired) electrons. The smallest absolute Gasteiger partial charge is 0.137 e. The Bertz CT molecular complexity index is 1100. The molecule has 1 heterocycles. The predicted octanol–water partition coefficient (Wildman–Crippen LogP) is 4.67. The average molecular weight is 386 g/mol. The monoisotopic (exact) mass is 386 g/mol. The normalized spacial score (nSPS) is 10.7. The van der Waals surface area contributed by atoms with E-state index >= 15 is 0 Å². The molecule has 0 saturated heterocycles. The maximum Gasteiger partial charge on any atom is 0.137 e. The first kappa shape index (κ1) is 18.6. The van der Waals surface area contributed by atoms with E-state index < -0.39 is 0 Å². The molecule has 0 aliphatic heterocycles. The molecule has 6 nitrogen and oxygen atoms in total. The molecule has 0 aliphatic rings. The molecule has 4 aromatic rings. The molecule has 0 aliphatic carbocycles. The van der Waals surface area contributed by atoms with E-state index in [9.17, 15) is 0 Å². The molecule has 3 aromatic carbocycles. The minimum atomic E-state index is 0.697. The van der Waals surface area contributed by atoms with Gasteiger partial charge in [-0.3, -0.25) is 0 Å². The van der Waals surface area contributed by atoms with Crippen LogP contribution < -0.4 is 20.5 Å². The van der Waals surface area contributed by atoms with Crippen LogP contribution in [0.15, 0.2) is 73.1 Å². The van der Waals surface area contributed by atoms with Gasteiger partial charge in [-0.2, -0.15) is 0 Å². The van der Waals surface area contributed by atoms with E-state index in [1.165, 1.54) is 5.56 Å². The minimum Gasteiger partial charge on any atom is -0.497 e. The third-order valence-corrected chi connectivity index (χ3v) is 4.58. The summed E-state index contributed by atoms with van der Waals surface area (Å²) in [7, 11) is 1.64. The molecule has 0 bridgehead atoms. The Hall–Kier alpha value is -3.80. The van der Waals surface area contributed by atoms with Gasteiger partial charge in [0.15, 0.2) is 0 Å². The van der Waals surface area contributed by atoms with Crippen molar-refractivity contribution < 1.29 is 9.47 Å². The maximum absolute atomic E-state index is 5.89. The van der Waals surface area contributed by atoms with Crippen LogP contribution >= 0.6 is 0 Å². The Kier molecular flexibility index (Phi) is 5.42. The molecule has 0 amide bonds. The number of ether oxygens (including phenoxy) is 2. The van der Waals surface area contributed by atoms with E-state index in [4.69, 9.17) is 15.2 Å². The largest absolute Gasteiger partial charge is 0.497 e. The minimum absolute atomic E-state index is 0.697. The van der Waals surface area contributed by atoms with E-state index in [2.05, 4.69) is 27.4 Å². The van der Waals surface area contributed by atoms with Crippen molar-refractivity contribution in [2.45, 2.75) is 6.42 Å². The Balaban J connectivity index is 1.35. The third kappa shape index (κ3) is 4.55. The molecule has 0 fully saturated rings. The van der Waals surface area contributed by atoms with Gasteiger partial charge in [-0.15, -0.1) is 0 Å². The topological polar surface area (TPSA) is 82.3 Å². The summed E-state index contributed by atoms with van der Waals surface area (Å²) in [6, 6.07) is 21.2. The third-order valence-electron chi connectivity index (χ3n) is 4.58. The molecule has 146 valence electrons. The summed E-state index contributed by atoms with van der Waals surface area (Å²) in [6.45, 7) is 0.750. The number of nitrogen functional groups attached to an aromatic ring is 1. The number of aromatic nitrogens is 2. The van der Waals surface area contributed by atoms with E-state index in [0.717, 1.165) is 46.9 Å². The molecule has 0 unspecified atom stereocenters. The van der Waals surface area contributed by atoms with Gasteiger partial charge in [0.25, 0.3) is 0 Å². The molecule has 4 rings (SSSR count). The van der Waals surface area contributed by atoms with Gasteiger partial charge in [-0.1, -0.05) is 12.1 Å². The predicted molar refractivity (Wildman–Crippen MR) is 116 cm³/mol. The number of anilines is 2. The van der Waals surface area contributed by atoms with E-state index in [0.29, 0.717) is 5.69 Å². The van der Waals surface area contributed by atoms with E-state index in [1.54, 1.807) is 13.4 Å². The fourth-order valence-corrected chi connectivity index (χ4v) is 3.04.